The molecule has 2 heterocycles. The van der Waals surface area contributed by atoms with Gasteiger partial charge in [-0.3, -0.25) is 17.7 Å². The van der Waals surface area contributed by atoms with Crippen LogP contribution in [-0.2, 0) is 19.5 Å². The number of halogens is 4. The van der Waals surface area contributed by atoms with Crippen molar-refractivity contribution in [3.63, 3.8) is 0 Å². The molecule has 2 saturated heterocycles. The molecule has 0 N–H and O–H groups in total. The third kappa shape index (κ3) is 12.7. The van der Waals surface area contributed by atoms with Gasteiger partial charge in [0, 0.05) is 44.9 Å². The predicted molar refractivity (Wildman–Crippen MR) is 208 cm³/mol. The van der Waals surface area contributed by atoms with Crippen LogP contribution in [0.3, 0.4) is 0 Å². The number of allylic oxidation sites excluding steroid dienone is 4. The van der Waals surface area contributed by atoms with E-state index in [0.717, 1.165) is 22.6 Å². The van der Waals surface area contributed by atoms with Crippen LogP contribution in [0.25, 0.3) is 0 Å². The average Bonchev–Trinajstić information content (AvgIpc) is 3.73. The van der Waals surface area contributed by atoms with E-state index < -0.39 is 15.5 Å². The molecule has 4 aromatic carbocycles. The van der Waals surface area contributed by atoms with Crippen molar-refractivity contribution in [1.82, 2.24) is 0 Å². The second kappa shape index (κ2) is 23.2. The second-order valence-electron chi connectivity index (χ2n) is 12.8. The summed E-state index contributed by atoms with van der Waals surface area (Å²) in [6, 6.07) is 45.9. The van der Waals surface area contributed by atoms with E-state index in [1.165, 1.54) is 63.7 Å². The molecule has 8 heteroatoms. The van der Waals surface area contributed by atoms with E-state index in [1.807, 2.05) is 0 Å². The molecule has 7 rings (SSSR count). The van der Waals surface area contributed by atoms with Crippen molar-refractivity contribution in [2.75, 3.05) is 12.3 Å². The molecule has 2 aliphatic heterocycles. The molecule has 3 aliphatic rings. The Morgan fingerprint density at radius 1 is 0.500 bits per heavy atom. The van der Waals surface area contributed by atoms with Crippen LogP contribution in [0.1, 0.15) is 96.3 Å². The zero-order valence-electron chi connectivity index (χ0n) is 28.6. The second-order valence-corrected chi connectivity index (χ2v) is 18.6. The van der Waals surface area contributed by atoms with Gasteiger partial charge in [-0.1, -0.05) is 154 Å². The van der Waals surface area contributed by atoms with Crippen molar-refractivity contribution in [3.8, 4) is 0 Å². The van der Waals surface area contributed by atoms with Crippen molar-refractivity contribution >= 4 is 23.4 Å². The van der Waals surface area contributed by atoms with Crippen molar-refractivity contribution in [2.24, 2.45) is 0 Å². The summed E-state index contributed by atoms with van der Waals surface area (Å²) < 4.78 is 29.0. The summed E-state index contributed by atoms with van der Waals surface area (Å²) >= 11 is 0. The summed E-state index contributed by atoms with van der Waals surface area (Å²) in [5.41, 5.74) is 9.44. The maximum absolute atomic E-state index is 9.67. The quantitative estimate of drug-likeness (QED) is 0.0755. The zero-order valence-corrected chi connectivity index (χ0v) is 32.2. The Labute approximate surface area is 313 Å². The molecular formula is C42H50BF4P2Rh+. The molecule has 0 aromatic heterocycles. The Morgan fingerprint density at radius 2 is 0.800 bits per heavy atom. The fraction of sp³-hybridized carbons (Fsp3) is 0.333. The molecule has 4 atom stereocenters. The molecule has 0 spiro atoms. The van der Waals surface area contributed by atoms with Crippen molar-refractivity contribution in [2.45, 2.75) is 74.0 Å². The number of rotatable bonds is 7. The molecule has 50 heavy (non-hydrogen) atoms. The smallest absolute Gasteiger partial charge is 0.269 e. The fourth-order valence-electron chi connectivity index (χ4n) is 7.79. The van der Waals surface area contributed by atoms with Gasteiger partial charge in [-0.15, -0.1) is 0 Å². The first-order valence-corrected chi connectivity index (χ1v) is 21.2. The Morgan fingerprint density at radius 3 is 1.12 bits per heavy atom. The Kier molecular flexibility index (Phi) is 19.5. The van der Waals surface area contributed by atoms with Crippen LogP contribution in [0.4, 0.5) is 17.7 Å². The van der Waals surface area contributed by atoms with E-state index in [1.54, 1.807) is 22.3 Å². The monoisotopic (exact) mass is 806 g/mol. The minimum atomic E-state index is -3.67. The van der Waals surface area contributed by atoms with Gasteiger partial charge in [-0.05, 0) is 73.6 Å². The molecule has 0 nitrogen and oxygen atoms in total. The zero-order chi connectivity index (χ0) is 33.4. The SMILES string of the molecule is C1=CCCC=CCC1.F.FB(F)F.[Rh].c1ccc(C2CCC(c3ccccc3)P2CC[PH+]2C(c3ccccc3)CCC2c2ccccc2)cc1. The molecule has 0 amide bonds. The first kappa shape index (κ1) is 42.0. The number of benzene rings is 4. The maximum Gasteiger partial charge on any atom is 0.762 e. The van der Waals surface area contributed by atoms with Gasteiger partial charge in [0.05, 0.1) is 17.5 Å². The predicted octanol–water partition coefficient (Wildman–Crippen LogP) is 13.9. The van der Waals surface area contributed by atoms with Crippen molar-refractivity contribution in [3.05, 3.63) is 168 Å². The van der Waals surface area contributed by atoms with Crippen LogP contribution in [0, 0.1) is 0 Å². The standard InChI is InChI=1S/C34H36P2.C8H12.BF3.FH.Rh/c1-5-13-27(14-6-1)31-21-22-32(28-15-7-2-8-16-28)35(31)25-26-36-33(29-17-9-3-10-18-29)23-24-34(36)30-19-11-4-12-20-30;1-2-4-6-8-7-5-3-1;2-1(3)4;;/h1-20,31-34H,21-26H2;1-2,7-8H,3-6H2;;1H;/p+1. The summed E-state index contributed by atoms with van der Waals surface area (Å²) in [7, 11) is -4.33. The van der Waals surface area contributed by atoms with Crippen molar-refractivity contribution in [1.29, 1.82) is 0 Å². The third-order valence-electron chi connectivity index (χ3n) is 9.92. The van der Waals surface area contributed by atoms with Crippen LogP contribution in [0.15, 0.2) is 146 Å². The third-order valence-corrected chi connectivity index (χ3v) is 17.7. The van der Waals surface area contributed by atoms with Crippen LogP contribution in [0.5, 0.6) is 0 Å². The summed E-state index contributed by atoms with van der Waals surface area (Å²) in [6.07, 6.45) is 22.3. The van der Waals surface area contributed by atoms with Crippen LogP contribution in [-0.4, -0.2) is 19.9 Å². The van der Waals surface area contributed by atoms with Gasteiger partial charge in [0.25, 0.3) is 0 Å². The molecule has 0 bridgehead atoms. The van der Waals surface area contributed by atoms with Gasteiger partial charge in [0.15, 0.2) is 0 Å². The van der Waals surface area contributed by atoms with E-state index in [0.29, 0.717) is 0 Å². The minimum absolute atomic E-state index is 0. The van der Waals surface area contributed by atoms with Gasteiger partial charge >= 0.3 is 7.54 Å². The molecule has 2 fully saturated rings. The molecule has 1 aliphatic carbocycles. The van der Waals surface area contributed by atoms with Gasteiger partial charge in [0.1, 0.15) is 0 Å². The van der Waals surface area contributed by atoms with Gasteiger partial charge in [-0.2, -0.15) is 0 Å². The number of hydrogen-bond donors (Lipinski definition) is 0. The van der Waals surface area contributed by atoms with E-state index in [-0.39, 0.29) is 32.1 Å². The van der Waals surface area contributed by atoms with Crippen molar-refractivity contribution < 1.29 is 37.1 Å². The summed E-state index contributed by atoms with van der Waals surface area (Å²) in [5, 5.41) is 0. The van der Waals surface area contributed by atoms with E-state index in [2.05, 4.69) is 146 Å². The normalized spacial score (nSPS) is 23.7. The van der Waals surface area contributed by atoms with Crippen LogP contribution < -0.4 is 0 Å². The largest absolute Gasteiger partial charge is 0.762 e. The molecule has 0 saturated carbocycles. The summed E-state index contributed by atoms with van der Waals surface area (Å²) in [6.45, 7) is 0. The van der Waals surface area contributed by atoms with Gasteiger partial charge in [0.2, 0.25) is 0 Å². The van der Waals surface area contributed by atoms with Crippen LogP contribution >= 0.6 is 15.8 Å². The Hall–Kier alpha value is -2.37. The summed E-state index contributed by atoms with van der Waals surface area (Å²) in [4.78, 5) is 0. The van der Waals surface area contributed by atoms with E-state index in [4.69, 9.17) is 0 Å². The fourth-order valence-corrected chi connectivity index (χ4v) is 16.5. The first-order chi connectivity index (χ1) is 23.6. The Bertz CT molecular complexity index is 1290. The average molecular weight is 807 g/mol. The summed E-state index contributed by atoms with van der Waals surface area (Å²) in [5.74, 6) is 0. The minimum Gasteiger partial charge on any atom is -0.269 e. The molecule has 4 unspecified atom stereocenters. The molecular weight excluding hydrogens is 756 g/mol. The number of hydrogen-bond acceptors (Lipinski definition) is 0. The molecule has 1 radical (unpaired) electrons. The topological polar surface area (TPSA) is 0 Å². The van der Waals surface area contributed by atoms with Crippen LogP contribution in [0.2, 0.25) is 0 Å². The van der Waals surface area contributed by atoms with Gasteiger partial charge in [-0.25, -0.2) is 0 Å². The Balaban J connectivity index is 0.000000414. The van der Waals surface area contributed by atoms with E-state index >= 15 is 0 Å². The van der Waals surface area contributed by atoms with E-state index in [9.17, 15) is 12.9 Å². The maximum atomic E-state index is 9.67. The van der Waals surface area contributed by atoms with Gasteiger partial charge < -0.3 is 0 Å². The first-order valence-electron chi connectivity index (χ1n) is 17.6. The molecule has 4 aromatic rings. The molecule has 267 valence electrons.